The van der Waals surface area contributed by atoms with E-state index in [1.807, 2.05) is 0 Å². The number of carbonyl (C=O) groups excluding carboxylic acids is 1. The number of ether oxygens (including phenoxy) is 1. The van der Waals surface area contributed by atoms with Crippen LogP contribution in [0.1, 0.15) is 96.8 Å². The summed E-state index contributed by atoms with van der Waals surface area (Å²) in [4.78, 5) is 10.9. The summed E-state index contributed by atoms with van der Waals surface area (Å²) in [5, 5.41) is 0. The molecular weight excluding hydrogens is 284 g/mol. The van der Waals surface area contributed by atoms with Gasteiger partial charge in [-0.3, -0.25) is 4.79 Å². The molecule has 0 fully saturated rings. The minimum absolute atomic E-state index is 0.0895. The van der Waals surface area contributed by atoms with E-state index >= 15 is 0 Å². The van der Waals surface area contributed by atoms with Gasteiger partial charge in [0.05, 0.1) is 7.11 Å². The maximum atomic E-state index is 10.9. The number of hydrogen-bond acceptors (Lipinski definition) is 2. The Labute approximate surface area is 144 Å². The van der Waals surface area contributed by atoms with Crippen LogP contribution in [0.4, 0.5) is 0 Å². The molecule has 0 unspecified atom stereocenters. The zero-order valence-electron chi connectivity index (χ0n) is 15.5. The number of rotatable bonds is 16. The Hall–Kier alpha value is -1.05. The summed E-state index contributed by atoms with van der Waals surface area (Å²) in [6, 6.07) is 0. The van der Waals surface area contributed by atoms with Crippen LogP contribution in [-0.4, -0.2) is 13.1 Å². The molecule has 0 aromatic carbocycles. The van der Waals surface area contributed by atoms with Crippen LogP contribution in [0.25, 0.3) is 0 Å². The SMILES string of the molecule is CCCCCCCC/C=C\CC/C=C\CCCCCC(=O)OC. The molecule has 2 heteroatoms. The van der Waals surface area contributed by atoms with Crippen molar-refractivity contribution in [3.63, 3.8) is 0 Å². The lowest BCUT2D eigenvalue weighted by Crippen LogP contribution is -1.98. The molecular formula is C21H38O2. The molecule has 0 aromatic rings. The molecule has 2 nitrogen and oxygen atoms in total. The van der Waals surface area contributed by atoms with Crippen molar-refractivity contribution in [1.29, 1.82) is 0 Å². The highest BCUT2D eigenvalue weighted by atomic mass is 16.5. The summed E-state index contributed by atoms with van der Waals surface area (Å²) >= 11 is 0. The molecule has 0 amide bonds. The van der Waals surface area contributed by atoms with Crippen LogP contribution < -0.4 is 0 Å². The zero-order valence-corrected chi connectivity index (χ0v) is 15.5. The molecule has 0 bridgehead atoms. The first-order valence-electron chi connectivity index (χ1n) is 9.68. The van der Waals surface area contributed by atoms with E-state index in [-0.39, 0.29) is 5.97 Å². The Morgan fingerprint density at radius 1 is 0.696 bits per heavy atom. The van der Waals surface area contributed by atoms with E-state index < -0.39 is 0 Å². The second kappa shape index (κ2) is 19.0. The van der Waals surface area contributed by atoms with Gasteiger partial charge >= 0.3 is 5.97 Å². The second-order valence-corrected chi connectivity index (χ2v) is 6.25. The molecule has 0 aliphatic rings. The van der Waals surface area contributed by atoms with Crippen molar-refractivity contribution in [2.24, 2.45) is 0 Å². The normalized spacial score (nSPS) is 11.6. The Morgan fingerprint density at radius 2 is 1.17 bits per heavy atom. The van der Waals surface area contributed by atoms with E-state index in [1.165, 1.54) is 58.5 Å². The van der Waals surface area contributed by atoms with Crippen LogP contribution in [0.3, 0.4) is 0 Å². The van der Waals surface area contributed by atoms with Crippen molar-refractivity contribution in [1.82, 2.24) is 0 Å². The minimum Gasteiger partial charge on any atom is -0.469 e. The molecule has 0 saturated heterocycles. The molecule has 0 N–H and O–H groups in total. The van der Waals surface area contributed by atoms with Gasteiger partial charge in [-0.1, -0.05) is 69.8 Å². The van der Waals surface area contributed by atoms with E-state index in [1.54, 1.807) is 0 Å². The summed E-state index contributed by atoms with van der Waals surface area (Å²) in [6.07, 6.45) is 26.0. The molecule has 0 spiro atoms. The van der Waals surface area contributed by atoms with Crippen molar-refractivity contribution in [3.05, 3.63) is 24.3 Å². The quantitative estimate of drug-likeness (QED) is 0.178. The molecule has 23 heavy (non-hydrogen) atoms. The topological polar surface area (TPSA) is 26.3 Å². The lowest BCUT2D eigenvalue weighted by molar-refractivity contribution is -0.140. The number of hydrogen-bond donors (Lipinski definition) is 0. The van der Waals surface area contributed by atoms with E-state index in [0.29, 0.717) is 6.42 Å². The predicted octanol–water partition coefficient (Wildman–Crippen LogP) is 6.75. The average molecular weight is 323 g/mol. The van der Waals surface area contributed by atoms with E-state index in [2.05, 4.69) is 36.0 Å². The Kier molecular flexibility index (Phi) is 18.1. The number of esters is 1. The summed E-state index contributed by atoms with van der Waals surface area (Å²) in [5.74, 6) is -0.0895. The largest absolute Gasteiger partial charge is 0.469 e. The van der Waals surface area contributed by atoms with Gasteiger partial charge in [0.2, 0.25) is 0 Å². The Balaban J connectivity index is 3.21. The Bertz CT molecular complexity index is 305. The third kappa shape index (κ3) is 18.9. The fraction of sp³-hybridized carbons (Fsp3) is 0.762. The van der Waals surface area contributed by atoms with Gasteiger partial charge in [-0.15, -0.1) is 0 Å². The molecule has 0 rings (SSSR count). The summed E-state index contributed by atoms with van der Waals surface area (Å²) in [6.45, 7) is 2.27. The van der Waals surface area contributed by atoms with Crippen LogP contribution in [0.2, 0.25) is 0 Å². The van der Waals surface area contributed by atoms with E-state index in [0.717, 1.165) is 32.1 Å². The molecule has 0 aromatic heterocycles. The monoisotopic (exact) mass is 322 g/mol. The van der Waals surface area contributed by atoms with Gasteiger partial charge < -0.3 is 4.74 Å². The van der Waals surface area contributed by atoms with Crippen molar-refractivity contribution in [2.75, 3.05) is 7.11 Å². The summed E-state index contributed by atoms with van der Waals surface area (Å²) < 4.78 is 4.62. The van der Waals surface area contributed by atoms with Crippen LogP contribution in [0.5, 0.6) is 0 Å². The van der Waals surface area contributed by atoms with Gasteiger partial charge in [-0.25, -0.2) is 0 Å². The van der Waals surface area contributed by atoms with Gasteiger partial charge in [0.1, 0.15) is 0 Å². The van der Waals surface area contributed by atoms with Crippen molar-refractivity contribution in [2.45, 2.75) is 96.8 Å². The standard InChI is InChI=1S/C21H38O2/c1-3-4-5-6-7-8-9-10-11-12-13-14-15-16-17-18-19-20-21(22)23-2/h10-11,14-15H,3-9,12-13,16-20H2,1-2H3/b11-10-,15-14-. The number of methoxy groups -OCH3 is 1. The molecule has 0 saturated carbocycles. The number of unbranched alkanes of at least 4 members (excludes halogenated alkanes) is 10. The number of carbonyl (C=O) groups is 1. The first kappa shape index (κ1) is 21.9. The van der Waals surface area contributed by atoms with Gasteiger partial charge in [0.15, 0.2) is 0 Å². The van der Waals surface area contributed by atoms with Crippen LogP contribution >= 0.6 is 0 Å². The summed E-state index contributed by atoms with van der Waals surface area (Å²) in [7, 11) is 1.45. The minimum atomic E-state index is -0.0895. The maximum Gasteiger partial charge on any atom is 0.305 e. The lowest BCUT2D eigenvalue weighted by Gasteiger charge is -1.98. The highest BCUT2D eigenvalue weighted by Gasteiger charge is 1.97. The smallest absolute Gasteiger partial charge is 0.305 e. The number of allylic oxidation sites excluding steroid dienone is 4. The van der Waals surface area contributed by atoms with Gasteiger partial charge in [-0.05, 0) is 44.9 Å². The molecule has 134 valence electrons. The van der Waals surface area contributed by atoms with Crippen LogP contribution in [0.15, 0.2) is 24.3 Å². The van der Waals surface area contributed by atoms with Crippen LogP contribution in [0, 0.1) is 0 Å². The van der Waals surface area contributed by atoms with Crippen molar-refractivity contribution < 1.29 is 9.53 Å². The molecule has 0 atom stereocenters. The molecule has 0 aliphatic carbocycles. The fourth-order valence-electron chi connectivity index (χ4n) is 2.52. The predicted molar refractivity (Wildman–Crippen MR) is 101 cm³/mol. The first-order valence-corrected chi connectivity index (χ1v) is 9.68. The van der Waals surface area contributed by atoms with Crippen molar-refractivity contribution >= 4 is 5.97 Å². The molecule has 0 aliphatic heterocycles. The third-order valence-corrected chi connectivity index (χ3v) is 4.04. The van der Waals surface area contributed by atoms with Gasteiger partial charge in [0, 0.05) is 6.42 Å². The van der Waals surface area contributed by atoms with Crippen LogP contribution in [-0.2, 0) is 9.53 Å². The fourth-order valence-corrected chi connectivity index (χ4v) is 2.52. The Morgan fingerprint density at radius 3 is 1.74 bits per heavy atom. The first-order chi connectivity index (χ1) is 11.3. The maximum absolute atomic E-state index is 10.9. The zero-order chi connectivity index (χ0) is 17.0. The lowest BCUT2D eigenvalue weighted by atomic mass is 10.1. The highest BCUT2D eigenvalue weighted by Crippen LogP contribution is 2.08. The second-order valence-electron chi connectivity index (χ2n) is 6.25. The van der Waals surface area contributed by atoms with E-state index in [9.17, 15) is 4.79 Å². The average Bonchev–Trinajstić information content (AvgIpc) is 2.57. The van der Waals surface area contributed by atoms with Crippen molar-refractivity contribution in [3.8, 4) is 0 Å². The van der Waals surface area contributed by atoms with Gasteiger partial charge in [0.25, 0.3) is 0 Å². The van der Waals surface area contributed by atoms with Gasteiger partial charge in [-0.2, -0.15) is 0 Å². The molecule has 0 heterocycles. The third-order valence-electron chi connectivity index (χ3n) is 4.04. The van der Waals surface area contributed by atoms with E-state index in [4.69, 9.17) is 0 Å². The molecule has 0 radical (unpaired) electrons. The summed E-state index contributed by atoms with van der Waals surface area (Å²) in [5.41, 5.74) is 0. The highest BCUT2D eigenvalue weighted by molar-refractivity contribution is 5.68.